The molecule has 1 atom stereocenters. The van der Waals surface area contributed by atoms with Crippen molar-refractivity contribution in [3.8, 4) is 0 Å². The molecule has 7 heteroatoms. The Balaban J connectivity index is 0.000000337. The maximum absolute atomic E-state index is 10.1. The topological polar surface area (TPSA) is 146 Å². The Morgan fingerprint density at radius 1 is 1.33 bits per heavy atom. The smallest absolute Gasteiger partial charge is 0.320 e. The average Bonchev–Trinajstić information content (AvgIpc) is 3.10. The van der Waals surface area contributed by atoms with Gasteiger partial charge in [-0.3, -0.25) is 9.59 Å². The molecule has 24 heavy (non-hydrogen) atoms. The highest BCUT2D eigenvalue weighted by Gasteiger charge is 2.09. The molecule has 1 aromatic rings. The van der Waals surface area contributed by atoms with Crippen molar-refractivity contribution in [2.45, 2.75) is 63.5 Å². The van der Waals surface area contributed by atoms with E-state index in [1.54, 1.807) is 6.07 Å². The van der Waals surface area contributed by atoms with Gasteiger partial charge in [-0.05, 0) is 38.3 Å². The number of hydrogen-bond donors (Lipinski definition) is 4. The van der Waals surface area contributed by atoms with E-state index in [0.717, 1.165) is 19.1 Å². The Morgan fingerprint density at radius 2 is 2.00 bits per heavy atom. The van der Waals surface area contributed by atoms with Crippen LogP contribution >= 0.6 is 0 Å². The van der Waals surface area contributed by atoms with Crippen LogP contribution in [0.4, 0.5) is 0 Å². The number of aldehydes is 1. The summed E-state index contributed by atoms with van der Waals surface area (Å²) in [6.07, 6.45) is 12.4. The van der Waals surface area contributed by atoms with Crippen LogP contribution in [0.15, 0.2) is 23.0 Å². The van der Waals surface area contributed by atoms with Crippen molar-refractivity contribution in [3.05, 3.63) is 24.2 Å². The number of rotatable bonds is 6. The van der Waals surface area contributed by atoms with Gasteiger partial charge in [-0.15, -0.1) is 0 Å². The first kappa shape index (κ1) is 22.3. The summed E-state index contributed by atoms with van der Waals surface area (Å²) in [6, 6.07) is 1.42. The molecule has 0 bridgehead atoms. The summed E-state index contributed by atoms with van der Waals surface area (Å²) in [5.41, 5.74) is 16.6. The molecule has 138 valence electrons. The lowest BCUT2D eigenvalue weighted by Gasteiger charge is -2.15. The van der Waals surface area contributed by atoms with Crippen molar-refractivity contribution >= 4 is 12.3 Å². The van der Waals surface area contributed by atoms with Crippen LogP contribution in [0.5, 0.6) is 0 Å². The van der Waals surface area contributed by atoms with Crippen LogP contribution in [0.1, 0.15) is 61.7 Å². The first-order chi connectivity index (χ1) is 11.5. The average molecular weight is 341 g/mol. The van der Waals surface area contributed by atoms with Crippen LogP contribution < -0.4 is 17.2 Å². The van der Waals surface area contributed by atoms with E-state index in [4.69, 9.17) is 22.3 Å². The van der Waals surface area contributed by atoms with E-state index in [-0.39, 0.29) is 0 Å². The number of unbranched alkanes of at least 4 members (excludes halogenated alkanes) is 1. The Bertz CT molecular complexity index is 417. The third-order valence-electron chi connectivity index (χ3n) is 3.62. The number of carboxylic acid groups (broad SMARTS) is 1. The molecule has 7 nitrogen and oxygen atoms in total. The van der Waals surface area contributed by atoms with Gasteiger partial charge in [-0.1, -0.05) is 25.7 Å². The van der Waals surface area contributed by atoms with Gasteiger partial charge in [-0.2, -0.15) is 0 Å². The molecule has 1 saturated carbocycles. The van der Waals surface area contributed by atoms with Crippen LogP contribution in [0.25, 0.3) is 0 Å². The summed E-state index contributed by atoms with van der Waals surface area (Å²) in [7, 11) is 0. The zero-order valence-electron chi connectivity index (χ0n) is 14.2. The first-order valence-electron chi connectivity index (χ1n) is 8.42. The van der Waals surface area contributed by atoms with E-state index in [1.165, 1.54) is 44.6 Å². The van der Waals surface area contributed by atoms with E-state index >= 15 is 0 Å². The van der Waals surface area contributed by atoms with Gasteiger partial charge < -0.3 is 26.7 Å². The van der Waals surface area contributed by atoms with Crippen molar-refractivity contribution in [2.24, 2.45) is 17.2 Å². The number of aliphatic carboxylic acids is 1. The molecule has 0 radical (unpaired) electrons. The molecule has 0 aliphatic heterocycles. The maximum Gasteiger partial charge on any atom is 0.320 e. The molecule has 0 spiro atoms. The second kappa shape index (κ2) is 14.9. The van der Waals surface area contributed by atoms with Gasteiger partial charge in [0.05, 0.1) is 11.8 Å². The van der Waals surface area contributed by atoms with Crippen LogP contribution in [0.3, 0.4) is 0 Å². The van der Waals surface area contributed by atoms with Gasteiger partial charge >= 0.3 is 5.97 Å². The predicted molar refractivity (Wildman–Crippen MR) is 93.7 cm³/mol. The van der Waals surface area contributed by atoms with Crippen molar-refractivity contribution in [2.75, 3.05) is 6.54 Å². The third kappa shape index (κ3) is 12.8. The minimum Gasteiger partial charge on any atom is -0.480 e. The largest absolute Gasteiger partial charge is 0.480 e. The van der Waals surface area contributed by atoms with Gasteiger partial charge in [0, 0.05) is 6.04 Å². The van der Waals surface area contributed by atoms with Crippen LogP contribution in [-0.2, 0) is 4.79 Å². The van der Waals surface area contributed by atoms with Crippen molar-refractivity contribution in [1.29, 1.82) is 0 Å². The molecule has 1 fully saturated rings. The summed E-state index contributed by atoms with van der Waals surface area (Å²) >= 11 is 0. The summed E-state index contributed by atoms with van der Waals surface area (Å²) < 4.78 is 4.57. The molecule has 0 unspecified atom stereocenters. The summed E-state index contributed by atoms with van der Waals surface area (Å²) in [5, 5.41) is 8.33. The molecule has 0 aromatic carbocycles. The fourth-order valence-electron chi connectivity index (χ4n) is 2.11. The third-order valence-corrected chi connectivity index (χ3v) is 3.62. The lowest BCUT2D eigenvalue weighted by molar-refractivity contribution is -0.138. The molecular formula is C17H31N3O4. The Labute approximate surface area is 143 Å². The number of carboxylic acids is 1. The quantitative estimate of drug-likeness (QED) is 0.456. The Kier molecular flexibility index (Phi) is 13.8. The number of furan rings is 1. The van der Waals surface area contributed by atoms with Crippen LogP contribution in [0, 0.1) is 0 Å². The molecule has 2 rings (SSSR count). The highest BCUT2D eigenvalue weighted by atomic mass is 16.4. The van der Waals surface area contributed by atoms with Crippen molar-refractivity contribution < 1.29 is 19.1 Å². The maximum atomic E-state index is 10.1. The zero-order valence-corrected chi connectivity index (χ0v) is 14.2. The molecule has 1 aliphatic carbocycles. The predicted octanol–water partition coefficient (Wildman–Crippen LogP) is 1.90. The highest BCUT2D eigenvalue weighted by molar-refractivity contribution is 5.73. The lowest BCUT2D eigenvalue weighted by atomic mass is 9.97. The second-order valence-corrected chi connectivity index (χ2v) is 5.80. The molecule has 7 N–H and O–H groups in total. The van der Waals surface area contributed by atoms with Gasteiger partial charge in [0.2, 0.25) is 0 Å². The second-order valence-electron chi connectivity index (χ2n) is 5.80. The lowest BCUT2D eigenvalue weighted by Crippen LogP contribution is -2.29. The van der Waals surface area contributed by atoms with Crippen LogP contribution in [0.2, 0.25) is 0 Å². The SMILES string of the molecule is NC1CCCCC1.NCCCC[C@H](N)C(=O)O.O=Cc1ccoc1. The Morgan fingerprint density at radius 3 is 2.33 bits per heavy atom. The summed E-state index contributed by atoms with van der Waals surface area (Å²) in [6.45, 7) is 0.604. The van der Waals surface area contributed by atoms with Crippen molar-refractivity contribution in [1.82, 2.24) is 0 Å². The number of nitrogens with two attached hydrogens (primary N) is 3. The number of carbonyl (C=O) groups excluding carboxylic acids is 1. The molecule has 0 amide bonds. The zero-order chi connectivity index (χ0) is 18.2. The van der Waals surface area contributed by atoms with Gasteiger partial charge in [0.15, 0.2) is 6.29 Å². The van der Waals surface area contributed by atoms with E-state index in [2.05, 4.69) is 4.42 Å². The van der Waals surface area contributed by atoms with E-state index in [0.29, 0.717) is 24.6 Å². The van der Waals surface area contributed by atoms with Gasteiger partial charge in [0.25, 0.3) is 0 Å². The fraction of sp³-hybridized carbons (Fsp3) is 0.647. The fourth-order valence-corrected chi connectivity index (χ4v) is 2.11. The number of carbonyl (C=O) groups is 2. The molecule has 1 aliphatic rings. The molecule has 1 heterocycles. The van der Waals surface area contributed by atoms with Crippen LogP contribution in [-0.4, -0.2) is 36.0 Å². The minimum atomic E-state index is -0.933. The molecule has 0 saturated heterocycles. The van der Waals surface area contributed by atoms with E-state index in [9.17, 15) is 9.59 Å². The minimum absolute atomic E-state index is 0.520. The van der Waals surface area contributed by atoms with Crippen molar-refractivity contribution in [3.63, 3.8) is 0 Å². The molecule has 1 aromatic heterocycles. The van der Waals surface area contributed by atoms with Gasteiger partial charge in [-0.25, -0.2) is 0 Å². The Hall–Kier alpha value is -1.70. The standard InChI is InChI=1S/C6H14N2O2.C6H13N.C5H4O2/c7-4-2-1-3-5(8)6(9)10;7-6-4-2-1-3-5-6;6-3-5-1-2-7-4-5/h5H,1-4,7-8H2,(H,9,10);6H,1-5,7H2;1-4H/t5-;;/m0../s1. The molecular weight excluding hydrogens is 310 g/mol. The summed E-state index contributed by atoms with van der Waals surface area (Å²) in [5.74, 6) is -0.933. The van der Waals surface area contributed by atoms with Gasteiger partial charge in [0.1, 0.15) is 12.3 Å². The highest BCUT2D eigenvalue weighted by Crippen LogP contribution is 2.14. The summed E-state index contributed by atoms with van der Waals surface area (Å²) in [4.78, 5) is 19.9. The monoisotopic (exact) mass is 341 g/mol. The first-order valence-corrected chi connectivity index (χ1v) is 8.42. The van der Waals surface area contributed by atoms with E-state index in [1.807, 2.05) is 0 Å². The normalized spacial score (nSPS) is 15.3. The number of hydrogen-bond acceptors (Lipinski definition) is 6. The van der Waals surface area contributed by atoms with E-state index < -0.39 is 12.0 Å².